The van der Waals surface area contributed by atoms with Crippen molar-refractivity contribution in [2.45, 2.75) is 39.5 Å². The van der Waals surface area contributed by atoms with Gasteiger partial charge in [-0.25, -0.2) is 0 Å². The molecule has 0 radical (unpaired) electrons. The fourth-order valence-corrected chi connectivity index (χ4v) is 1.89. The Hall–Kier alpha value is -0.520. The third-order valence-electron chi connectivity index (χ3n) is 2.59. The summed E-state index contributed by atoms with van der Waals surface area (Å²) in [6.07, 6.45) is 7.29. The van der Waals surface area contributed by atoms with Crippen LogP contribution in [0.5, 0.6) is 0 Å². The van der Waals surface area contributed by atoms with E-state index in [-0.39, 0.29) is 0 Å². The summed E-state index contributed by atoms with van der Waals surface area (Å²) >= 11 is 0. The van der Waals surface area contributed by atoms with Crippen LogP contribution in [0, 0.1) is 5.92 Å². The zero-order valence-corrected chi connectivity index (χ0v) is 7.69. The monoisotopic (exact) mass is 150 g/mol. The summed E-state index contributed by atoms with van der Waals surface area (Å²) in [4.78, 5) is 0. The van der Waals surface area contributed by atoms with Crippen LogP contribution in [0.15, 0.2) is 23.8 Å². The molecule has 62 valence electrons. The lowest BCUT2D eigenvalue weighted by molar-refractivity contribution is 0.524. The molecule has 0 amide bonds. The third-order valence-corrected chi connectivity index (χ3v) is 2.59. The number of allylic oxidation sites excluding steroid dienone is 3. The topological polar surface area (TPSA) is 0 Å². The highest BCUT2D eigenvalue weighted by atomic mass is 14.2. The van der Waals surface area contributed by atoms with Crippen LogP contribution in [0.3, 0.4) is 0 Å². The van der Waals surface area contributed by atoms with Crippen molar-refractivity contribution in [1.82, 2.24) is 0 Å². The third kappa shape index (κ3) is 2.21. The SMILES string of the molecule is C=CC1=C(C)CC(C)CCC1. The maximum absolute atomic E-state index is 3.84. The molecular weight excluding hydrogens is 132 g/mol. The van der Waals surface area contributed by atoms with E-state index in [0.29, 0.717) is 0 Å². The van der Waals surface area contributed by atoms with Crippen LogP contribution in [0.25, 0.3) is 0 Å². The fourth-order valence-electron chi connectivity index (χ4n) is 1.89. The predicted molar refractivity (Wildman–Crippen MR) is 50.5 cm³/mol. The van der Waals surface area contributed by atoms with Gasteiger partial charge in [-0.2, -0.15) is 0 Å². The Balaban J connectivity index is 2.71. The molecule has 0 aromatic heterocycles. The highest BCUT2D eigenvalue weighted by molar-refractivity contribution is 5.23. The van der Waals surface area contributed by atoms with Gasteiger partial charge < -0.3 is 0 Å². The second-order valence-electron chi connectivity index (χ2n) is 3.71. The van der Waals surface area contributed by atoms with Gasteiger partial charge in [-0.1, -0.05) is 31.6 Å². The molecule has 0 N–H and O–H groups in total. The number of rotatable bonds is 1. The summed E-state index contributed by atoms with van der Waals surface area (Å²) in [7, 11) is 0. The average Bonchev–Trinajstić information content (AvgIpc) is 2.11. The Morgan fingerprint density at radius 1 is 1.55 bits per heavy atom. The van der Waals surface area contributed by atoms with Gasteiger partial charge in [0.15, 0.2) is 0 Å². The molecule has 1 aliphatic rings. The van der Waals surface area contributed by atoms with E-state index >= 15 is 0 Å². The van der Waals surface area contributed by atoms with Crippen molar-refractivity contribution in [3.05, 3.63) is 23.8 Å². The molecule has 0 heterocycles. The summed E-state index contributed by atoms with van der Waals surface area (Å²) < 4.78 is 0. The number of hydrogen-bond donors (Lipinski definition) is 0. The van der Waals surface area contributed by atoms with Crippen molar-refractivity contribution in [3.63, 3.8) is 0 Å². The molecule has 0 saturated heterocycles. The highest BCUT2D eigenvalue weighted by Gasteiger charge is 2.10. The standard InChI is InChI=1S/C11H18/c1-4-11-7-5-6-9(2)8-10(11)3/h4,9H,1,5-8H2,2-3H3. The van der Waals surface area contributed by atoms with Crippen molar-refractivity contribution in [1.29, 1.82) is 0 Å². The smallest absolute Gasteiger partial charge is 0.0280 e. The second-order valence-corrected chi connectivity index (χ2v) is 3.71. The molecule has 1 rings (SSSR count). The summed E-state index contributed by atoms with van der Waals surface area (Å²) in [6.45, 7) is 8.44. The predicted octanol–water partition coefficient (Wildman–Crippen LogP) is 3.70. The molecule has 0 nitrogen and oxygen atoms in total. The molecule has 0 heteroatoms. The van der Waals surface area contributed by atoms with Crippen molar-refractivity contribution in [2.75, 3.05) is 0 Å². The molecule has 0 aliphatic heterocycles. The first-order valence-corrected chi connectivity index (χ1v) is 4.55. The quantitative estimate of drug-likeness (QED) is 0.534. The molecule has 11 heavy (non-hydrogen) atoms. The van der Waals surface area contributed by atoms with Crippen molar-refractivity contribution < 1.29 is 0 Å². The van der Waals surface area contributed by atoms with Crippen molar-refractivity contribution >= 4 is 0 Å². The maximum Gasteiger partial charge on any atom is -0.0280 e. The van der Waals surface area contributed by atoms with Gasteiger partial charge in [0.1, 0.15) is 0 Å². The molecule has 0 fully saturated rings. The van der Waals surface area contributed by atoms with Crippen molar-refractivity contribution in [3.8, 4) is 0 Å². The summed E-state index contributed by atoms with van der Waals surface area (Å²) in [5.74, 6) is 0.882. The Labute approximate surface area is 70.0 Å². The van der Waals surface area contributed by atoms with Gasteiger partial charge in [0, 0.05) is 0 Å². The minimum atomic E-state index is 0.882. The van der Waals surface area contributed by atoms with Gasteiger partial charge in [0.05, 0.1) is 0 Å². The molecule has 0 aromatic rings. The van der Waals surface area contributed by atoms with E-state index in [1.807, 2.05) is 6.08 Å². The van der Waals surface area contributed by atoms with Crippen LogP contribution >= 0.6 is 0 Å². The molecule has 1 atom stereocenters. The van der Waals surface area contributed by atoms with Crippen molar-refractivity contribution in [2.24, 2.45) is 5.92 Å². The van der Waals surface area contributed by atoms with Crippen LogP contribution < -0.4 is 0 Å². The Morgan fingerprint density at radius 2 is 2.27 bits per heavy atom. The lowest BCUT2D eigenvalue weighted by Gasteiger charge is -2.06. The Bertz CT molecular complexity index is 174. The Kier molecular flexibility index (Phi) is 2.92. The zero-order chi connectivity index (χ0) is 8.27. The molecular formula is C11H18. The van der Waals surface area contributed by atoms with E-state index in [9.17, 15) is 0 Å². The van der Waals surface area contributed by atoms with Gasteiger partial charge in [-0.3, -0.25) is 0 Å². The first kappa shape index (κ1) is 8.58. The summed E-state index contributed by atoms with van der Waals surface area (Å²) in [5, 5.41) is 0. The average molecular weight is 150 g/mol. The Morgan fingerprint density at radius 3 is 2.91 bits per heavy atom. The van der Waals surface area contributed by atoms with Gasteiger partial charge in [0.2, 0.25) is 0 Å². The molecule has 1 unspecified atom stereocenters. The molecule has 0 bridgehead atoms. The summed E-state index contributed by atoms with van der Waals surface area (Å²) in [6, 6.07) is 0. The van der Waals surface area contributed by atoms with Gasteiger partial charge in [-0.15, -0.1) is 0 Å². The minimum absolute atomic E-state index is 0.882. The highest BCUT2D eigenvalue weighted by Crippen LogP contribution is 2.27. The van der Waals surface area contributed by atoms with E-state index in [1.165, 1.54) is 31.3 Å². The number of hydrogen-bond acceptors (Lipinski definition) is 0. The maximum atomic E-state index is 3.84. The largest absolute Gasteiger partial charge is 0.0988 e. The van der Waals surface area contributed by atoms with E-state index in [2.05, 4.69) is 20.4 Å². The summed E-state index contributed by atoms with van der Waals surface area (Å²) in [5.41, 5.74) is 3.05. The molecule has 1 aliphatic carbocycles. The zero-order valence-electron chi connectivity index (χ0n) is 7.69. The van der Waals surface area contributed by atoms with E-state index < -0.39 is 0 Å². The van der Waals surface area contributed by atoms with Crippen LogP contribution in [-0.4, -0.2) is 0 Å². The first-order valence-electron chi connectivity index (χ1n) is 4.55. The van der Waals surface area contributed by atoms with Gasteiger partial charge in [-0.05, 0) is 37.7 Å². The van der Waals surface area contributed by atoms with E-state index in [0.717, 1.165) is 5.92 Å². The molecule has 0 saturated carbocycles. The van der Waals surface area contributed by atoms with E-state index in [1.54, 1.807) is 5.57 Å². The second kappa shape index (κ2) is 3.75. The van der Waals surface area contributed by atoms with Crippen LogP contribution in [-0.2, 0) is 0 Å². The first-order chi connectivity index (χ1) is 5.24. The minimum Gasteiger partial charge on any atom is -0.0988 e. The van der Waals surface area contributed by atoms with Gasteiger partial charge in [0.25, 0.3) is 0 Å². The van der Waals surface area contributed by atoms with Gasteiger partial charge >= 0.3 is 0 Å². The molecule has 0 aromatic carbocycles. The molecule has 0 spiro atoms. The normalized spacial score (nSPS) is 26.5. The van der Waals surface area contributed by atoms with Crippen LogP contribution in [0.2, 0.25) is 0 Å². The van der Waals surface area contributed by atoms with E-state index in [4.69, 9.17) is 0 Å². The van der Waals surface area contributed by atoms with Crippen LogP contribution in [0.1, 0.15) is 39.5 Å². The lowest BCUT2D eigenvalue weighted by Crippen LogP contribution is -1.91. The van der Waals surface area contributed by atoms with Crippen LogP contribution in [0.4, 0.5) is 0 Å². The fraction of sp³-hybridized carbons (Fsp3) is 0.636. The lowest BCUT2D eigenvalue weighted by atomic mass is 10.00.